The summed E-state index contributed by atoms with van der Waals surface area (Å²) < 4.78 is 6.02. The number of amides is 1. The van der Waals surface area contributed by atoms with Gasteiger partial charge in [-0.05, 0) is 44.7 Å². The summed E-state index contributed by atoms with van der Waals surface area (Å²) in [5.41, 5.74) is 0.0529. The monoisotopic (exact) mass is 342 g/mol. The molecule has 0 spiro atoms. The number of piperidine rings is 2. The van der Waals surface area contributed by atoms with Crippen molar-refractivity contribution < 1.29 is 14.3 Å². The van der Waals surface area contributed by atoms with Crippen LogP contribution < -0.4 is 5.32 Å². The second-order valence-electron chi connectivity index (χ2n) is 7.77. The van der Waals surface area contributed by atoms with Crippen LogP contribution in [0.15, 0.2) is 30.3 Å². The van der Waals surface area contributed by atoms with E-state index in [0.717, 1.165) is 18.4 Å². The van der Waals surface area contributed by atoms with E-state index in [1.807, 2.05) is 30.3 Å². The Kier molecular flexibility index (Phi) is 4.28. The topological polar surface area (TPSA) is 58.6 Å². The van der Waals surface area contributed by atoms with Crippen LogP contribution in [-0.2, 0) is 19.7 Å². The van der Waals surface area contributed by atoms with Crippen LogP contribution in [0.5, 0.6) is 0 Å². The van der Waals surface area contributed by atoms with Gasteiger partial charge in [0, 0.05) is 25.0 Å². The van der Waals surface area contributed by atoms with Gasteiger partial charge in [-0.2, -0.15) is 0 Å². The summed E-state index contributed by atoms with van der Waals surface area (Å²) in [5, 5.41) is 2.84. The number of carbonyl (C=O) groups is 2. The molecular weight excluding hydrogens is 316 g/mol. The molecule has 25 heavy (non-hydrogen) atoms. The van der Waals surface area contributed by atoms with E-state index in [-0.39, 0.29) is 24.4 Å². The molecule has 0 aromatic heterocycles. The van der Waals surface area contributed by atoms with Crippen LogP contribution in [0, 0.1) is 0 Å². The van der Waals surface area contributed by atoms with Crippen LogP contribution >= 0.6 is 0 Å². The first-order chi connectivity index (χ1) is 12.1. The zero-order chi connectivity index (χ0) is 17.4. The van der Waals surface area contributed by atoms with Gasteiger partial charge in [0.1, 0.15) is 11.5 Å². The van der Waals surface area contributed by atoms with Crippen molar-refractivity contribution in [3.05, 3.63) is 35.9 Å². The maximum Gasteiger partial charge on any atom is 0.317 e. The summed E-state index contributed by atoms with van der Waals surface area (Å²) >= 11 is 0. The fourth-order valence-electron chi connectivity index (χ4n) is 4.86. The first kappa shape index (κ1) is 16.6. The minimum absolute atomic E-state index is 0.0215. The number of benzene rings is 1. The normalized spacial score (nSPS) is 35.2. The molecule has 3 fully saturated rings. The zero-order valence-electron chi connectivity index (χ0n) is 14.7. The highest BCUT2D eigenvalue weighted by molar-refractivity contribution is 5.91. The minimum atomic E-state index is -0.841. The summed E-state index contributed by atoms with van der Waals surface area (Å²) in [6.45, 7) is 0.515. The van der Waals surface area contributed by atoms with Gasteiger partial charge in [-0.15, -0.1) is 0 Å². The van der Waals surface area contributed by atoms with Crippen molar-refractivity contribution in [3.8, 4) is 0 Å². The number of hydrogen-bond donors (Lipinski definition) is 1. The predicted octanol–water partition coefficient (Wildman–Crippen LogP) is 2.00. The van der Waals surface area contributed by atoms with Crippen LogP contribution in [0.3, 0.4) is 0 Å². The molecule has 4 atom stereocenters. The Balaban J connectivity index is 1.56. The summed E-state index contributed by atoms with van der Waals surface area (Å²) in [6, 6.07) is 10.7. The first-order valence-corrected chi connectivity index (χ1v) is 9.34. The highest BCUT2D eigenvalue weighted by Gasteiger charge is 2.48. The Labute approximate surface area is 148 Å². The van der Waals surface area contributed by atoms with E-state index < -0.39 is 5.41 Å². The largest absolute Gasteiger partial charge is 0.462 e. The van der Waals surface area contributed by atoms with E-state index in [1.165, 1.54) is 12.8 Å². The van der Waals surface area contributed by atoms with Crippen molar-refractivity contribution in [3.63, 3.8) is 0 Å². The molecule has 3 aliphatic heterocycles. The molecule has 1 amide bonds. The lowest BCUT2D eigenvalue weighted by atomic mass is 9.73. The lowest BCUT2D eigenvalue weighted by Crippen LogP contribution is -2.51. The molecule has 2 unspecified atom stereocenters. The SMILES string of the molecule is CN1[C@@H]2CC[C@H]1CC(OC(=O)C1(c3ccccc3)CCNC(=O)C1)C2. The van der Waals surface area contributed by atoms with Gasteiger partial charge < -0.3 is 15.0 Å². The Morgan fingerprint density at radius 2 is 1.88 bits per heavy atom. The van der Waals surface area contributed by atoms with Gasteiger partial charge in [0.2, 0.25) is 5.91 Å². The molecule has 3 saturated heterocycles. The van der Waals surface area contributed by atoms with Gasteiger partial charge in [-0.3, -0.25) is 9.59 Å². The van der Waals surface area contributed by atoms with Gasteiger partial charge in [0.15, 0.2) is 0 Å². The minimum Gasteiger partial charge on any atom is -0.462 e. The number of nitrogens with one attached hydrogen (secondary N) is 1. The zero-order valence-corrected chi connectivity index (χ0v) is 14.7. The van der Waals surface area contributed by atoms with Crippen LogP contribution in [0.25, 0.3) is 0 Å². The molecule has 0 aliphatic carbocycles. The fourth-order valence-corrected chi connectivity index (χ4v) is 4.86. The number of ether oxygens (including phenoxy) is 1. The standard InChI is InChI=1S/C20H26N2O3/c1-22-15-7-8-16(22)12-17(11-15)25-19(24)20(9-10-21-18(23)13-20)14-5-3-2-4-6-14/h2-6,15-17H,7-13H2,1H3,(H,21,23)/t15-,16+,17?,20?. The number of carbonyl (C=O) groups excluding carboxylic acids is 2. The molecule has 5 heteroatoms. The maximum absolute atomic E-state index is 13.2. The van der Waals surface area contributed by atoms with E-state index in [0.29, 0.717) is 25.0 Å². The fraction of sp³-hybridized carbons (Fsp3) is 0.600. The lowest BCUT2D eigenvalue weighted by Gasteiger charge is -2.39. The second-order valence-corrected chi connectivity index (χ2v) is 7.77. The Morgan fingerprint density at radius 1 is 1.20 bits per heavy atom. The van der Waals surface area contributed by atoms with Crippen LogP contribution in [0.1, 0.15) is 44.1 Å². The number of rotatable bonds is 3. The molecule has 1 N–H and O–H groups in total. The van der Waals surface area contributed by atoms with Crippen LogP contribution in [0.2, 0.25) is 0 Å². The van der Waals surface area contributed by atoms with Crippen LogP contribution in [0.4, 0.5) is 0 Å². The molecule has 1 aromatic carbocycles. The van der Waals surface area contributed by atoms with Crippen molar-refractivity contribution >= 4 is 11.9 Å². The summed E-state index contributed by atoms with van der Waals surface area (Å²) in [5.74, 6) is -0.294. The number of fused-ring (bicyclic) bond motifs is 2. The Morgan fingerprint density at radius 3 is 2.52 bits per heavy atom. The molecule has 134 valence electrons. The summed E-state index contributed by atoms with van der Waals surface area (Å²) in [7, 11) is 2.18. The van der Waals surface area contributed by atoms with E-state index in [2.05, 4.69) is 17.3 Å². The average molecular weight is 342 g/mol. The summed E-state index contributed by atoms with van der Waals surface area (Å²) in [6.07, 6.45) is 4.97. The van der Waals surface area contributed by atoms with Crippen molar-refractivity contribution in [2.45, 2.75) is 62.1 Å². The van der Waals surface area contributed by atoms with Gasteiger partial charge in [0.25, 0.3) is 0 Å². The third kappa shape index (κ3) is 2.95. The maximum atomic E-state index is 13.2. The van der Waals surface area contributed by atoms with Crippen molar-refractivity contribution in [2.75, 3.05) is 13.6 Å². The van der Waals surface area contributed by atoms with E-state index in [4.69, 9.17) is 4.74 Å². The van der Waals surface area contributed by atoms with Gasteiger partial charge in [-0.1, -0.05) is 30.3 Å². The van der Waals surface area contributed by atoms with Crippen LogP contribution in [-0.4, -0.2) is 48.6 Å². The van der Waals surface area contributed by atoms with Crippen molar-refractivity contribution in [2.24, 2.45) is 0 Å². The Hall–Kier alpha value is -1.88. The van der Waals surface area contributed by atoms with E-state index in [1.54, 1.807) is 0 Å². The smallest absolute Gasteiger partial charge is 0.317 e. The molecule has 1 aromatic rings. The summed E-state index contributed by atoms with van der Waals surface area (Å²) in [4.78, 5) is 27.7. The highest BCUT2D eigenvalue weighted by Crippen LogP contribution is 2.39. The van der Waals surface area contributed by atoms with E-state index in [9.17, 15) is 9.59 Å². The van der Waals surface area contributed by atoms with Gasteiger partial charge in [-0.25, -0.2) is 0 Å². The molecule has 3 heterocycles. The van der Waals surface area contributed by atoms with Crippen molar-refractivity contribution in [1.29, 1.82) is 0 Å². The van der Waals surface area contributed by atoms with E-state index >= 15 is 0 Å². The number of nitrogens with zero attached hydrogens (tertiary/aromatic N) is 1. The first-order valence-electron chi connectivity index (χ1n) is 9.34. The molecule has 4 rings (SSSR count). The average Bonchev–Trinajstić information content (AvgIpc) is 2.83. The number of esters is 1. The molecular formula is C20H26N2O3. The molecule has 0 radical (unpaired) electrons. The lowest BCUT2D eigenvalue weighted by molar-refractivity contribution is -0.162. The molecule has 0 saturated carbocycles. The quantitative estimate of drug-likeness (QED) is 0.854. The second kappa shape index (κ2) is 6.45. The third-order valence-corrected chi connectivity index (χ3v) is 6.38. The molecule has 5 nitrogen and oxygen atoms in total. The van der Waals surface area contributed by atoms with Gasteiger partial charge >= 0.3 is 5.97 Å². The Bertz CT molecular complexity index is 648. The molecule has 3 aliphatic rings. The number of hydrogen-bond acceptors (Lipinski definition) is 4. The van der Waals surface area contributed by atoms with Gasteiger partial charge in [0.05, 0.1) is 0 Å². The predicted molar refractivity (Wildman–Crippen MR) is 94.1 cm³/mol. The third-order valence-electron chi connectivity index (χ3n) is 6.38. The highest BCUT2D eigenvalue weighted by atomic mass is 16.5. The molecule has 2 bridgehead atoms. The van der Waals surface area contributed by atoms with Crippen molar-refractivity contribution in [1.82, 2.24) is 10.2 Å².